The molecule has 0 amide bonds. The van der Waals surface area contributed by atoms with E-state index in [0.717, 1.165) is 0 Å². The van der Waals surface area contributed by atoms with Crippen LogP contribution in [0.5, 0.6) is 0 Å². The zero-order chi connectivity index (χ0) is 15.1. The molecule has 3 unspecified atom stereocenters. The molecule has 3 nitrogen and oxygen atoms in total. The van der Waals surface area contributed by atoms with Gasteiger partial charge in [-0.15, -0.1) is 0 Å². The fraction of sp³-hybridized carbons (Fsp3) is 0.857. The van der Waals surface area contributed by atoms with E-state index >= 15 is 0 Å². The van der Waals surface area contributed by atoms with Gasteiger partial charge >= 0.3 is 0 Å². The van der Waals surface area contributed by atoms with Crippen LogP contribution in [-0.2, 0) is 21.0 Å². The third-order valence-corrected chi connectivity index (χ3v) is 7.64. The largest absolute Gasteiger partial charge is 0.615 e. The third kappa shape index (κ3) is 4.70. The SMILES string of the molecule is CC(C)(C)C#CC1[S+]([O-])CC(C(C)(C)C)CS1(=O)=O. The number of hydrogen-bond donors (Lipinski definition) is 0. The van der Waals surface area contributed by atoms with Gasteiger partial charge in [0.15, 0.2) is 0 Å². The molecule has 1 fully saturated rings. The lowest BCUT2D eigenvalue weighted by atomic mass is 9.83. The van der Waals surface area contributed by atoms with Crippen molar-refractivity contribution in [1.82, 2.24) is 0 Å². The Kier molecular flexibility index (Phi) is 4.71. The molecule has 1 saturated heterocycles. The Labute approximate surface area is 120 Å². The quantitative estimate of drug-likeness (QED) is 0.509. The van der Waals surface area contributed by atoms with E-state index in [-0.39, 0.29) is 22.5 Å². The van der Waals surface area contributed by atoms with Crippen molar-refractivity contribution in [2.24, 2.45) is 16.7 Å². The topological polar surface area (TPSA) is 57.2 Å². The lowest BCUT2D eigenvalue weighted by Gasteiger charge is -2.36. The molecule has 0 saturated carbocycles. The van der Waals surface area contributed by atoms with E-state index in [9.17, 15) is 13.0 Å². The molecule has 0 aromatic carbocycles. The van der Waals surface area contributed by atoms with E-state index in [1.807, 2.05) is 41.5 Å². The zero-order valence-electron chi connectivity index (χ0n) is 12.6. The lowest BCUT2D eigenvalue weighted by molar-refractivity contribution is 0.284. The Morgan fingerprint density at radius 1 is 1.16 bits per heavy atom. The van der Waals surface area contributed by atoms with Crippen LogP contribution in [0.15, 0.2) is 0 Å². The highest BCUT2D eigenvalue weighted by atomic mass is 32.3. The maximum Gasteiger partial charge on any atom is 0.274 e. The molecule has 1 heterocycles. The van der Waals surface area contributed by atoms with E-state index in [1.165, 1.54) is 0 Å². The summed E-state index contributed by atoms with van der Waals surface area (Å²) in [6, 6.07) is 0. The Bertz CT molecular complexity index is 483. The normalized spacial score (nSPS) is 31.4. The first-order valence-corrected chi connectivity index (χ1v) is 9.54. The maximum absolute atomic E-state index is 12.3. The molecule has 19 heavy (non-hydrogen) atoms. The fourth-order valence-electron chi connectivity index (χ4n) is 1.80. The van der Waals surface area contributed by atoms with Crippen molar-refractivity contribution >= 4 is 21.0 Å². The summed E-state index contributed by atoms with van der Waals surface area (Å²) in [5, 5.41) is 0. The molecule has 0 bridgehead atoms. The van der Waals surface area contributed by atoms with Gasteiger partial charge in [0.2, 0.25) is 9.84 Å². The molecular weight excluding hydrogens is 280 g/mol. The highest BCUT2D eigenvalue weighted by Crippen LogP contribution is 2.35. The van der Waals surface area contributed by atoms with E-state index in [0.29, 0.717) is 5.75 Å². The molecule has 0 aliphatic carbocycles. The molecule has 3 atom stereocenters. The lowest BCUT2D eigenvalue weighted by Crippen LogP contribution is -2.47. The van der Waals surface area contributed by atoms with Crippen LogP contribution in [0.2, 0.25) is 0 Å². The average Bonchev–Trinajstić information content (AvgIpc) is 2.11. The molecule has 0 N–H and O–H groups in total. The molecule has 1 aliphatic heterocycles. The summed E-state index contributed by atoms with van der Waals surface area (Å²) in [5.74, 6) is 6.09. The smallest absolute Gasteiger partial charge is 0.274 e. The van der Waals surface area contributed by atoms with E-state index in [2.05, 4.69) is 11.8 Å². The van der Waals surface area contributed by atoms with Crippen LogP contribution in [0.1, 0.15) is 41.5 Å². The minimum atomic E-state index is -3.40. The molecule has 0 aromatic rings. The molecule has 1 rings (SSSR count). The van der Waals surface area contributed by atoms with Crippen LogP contribution in [0.3, 0.4) is 0 Å². The van der Waals surface area contributed by atoms with Gasteiger partial charge in [-0.1, -0.05) is 26.7 Å². The molecule has 0 radical (unpaired) electrons. The molecule has 1 aliphatic rings. The van der Waals surface area contributed by atoms with E-state index < -0.39 is 25.6 Å². The first-order chi connectivity index (χ1) is 8.33. The van der Waals surface area contributed by atoms with Gasteiger partial charge in [0.1, 0.15) is 5.75 Å². The first-order valence-electron chi connectivity index (χ1n) is 6.44. The van der Waals surface area contributed by atoms with Gasteiger partial charge in [0, 0.05) is 11.3 Å². The summed E-state index contributed by atoms with van der Waals surface area (Å²) in [6.07, 6.45) is 0. The molecule has 110 valence electrons. The van der Waals surface area contributed by atoms with Crippen molar-refractivity contribution < 1.29 is 13.0 Å². The van der Waals surface area contributed by atoms with Gasteiger partial charge in [0.25, 0.3) is 4.58 Å². The molecule has 0 spiro atoms. The second-order valence-corrected chi connectivity index (χ2v) is 11.3. The Morgan fingerprint density at radius 2 is 1.68 bits per heavy atom. The minimum absolute atomic E-state index is 0.0639. The maximum atomic E-state index is 12.3. The third-order valence-electron chi connectivity index (χ3n) is 3.15. The Morgan fingerprint density at radius 3 is 2.05 bits per heavy atom. The number of rotatable bonds is 0. The van der Waals surface area contributed by atoms with Crippen molar-refractivity contribution in [3.63, 3.8) is 0 Å². The van der Waals surface area contributed by atoms with Gasteiger partial charge in [0.05, 0.1) is 5.75 Å². The predicted octanol–water partition coefficient (Wildman–Crippen LogP) is 2.20. The highest BCUT2D eigenvalue weighted by Gasteiger charge is 2.47. The van der Waals surface area contributed by atoms with Crippen LogP contribution >= 0.6 is 0 Å². The van der Waals surface area contributed by atoms with Crippen molar-refractivity contribution in [3.8, 4) is 11.8 Å². The number of hydrogen-bond acceptors (Lipinski definition) is 3. The van der Waals surface area contributed by atoms with E-state index in [4.69, 9.17) is 0 Å². The number of sulfone groups is 1. The second kappa shape index (κ2) is 5.31. The summed E-state index contributed by atoms with van der Waals surface area (Å²) >= 11 is -1.42. The predicted molar refractivity (Wildman–Crippen MR) is 80.8 cm³/mol. The van der Waals surface area contributed by atoms with Gasteiger partial charge in [-0.2, -0.15) is 0 Å². The van der Waals surface area contributed by atoms with Crippen LogP contribution in [0.4, 0.5) is 0 Å². The summed E-state index contributed by atoms with van der Waals surface area (Å²) in [4.78, 5) is 0. The highest BCUT2D eigenvalue weighted by molar-refractivity contribution is 8.10. The summed E-state index contributed by atoms with van der Waals surface area (Å²) in [5.41, 5.74) is -0.425. The first kappa shape index (κ1) is 16.9. The molecular formula is C14H24O3S2. The van der Waals surface area contributed by atoms with E-state index in [1.54, 1.807) is 0 Å². The van der Waals surface area contributed by atoms with Crippen LogP contribution in [0.25, 0.3) is 0 Å². The van der Waals surface area contributed by atoms with Crippen molar-refractivity contribution in [3.05, 3.63) is 0 Å². The van der Waals surface area contributed by atoms with Crippen LogP contribution in [-0.4, -0.2) is 29.1 Å². The van der Waals surface area contributed by atoms with Crippen molar-refractivity contribution in [2.75, 3.05) is 11.5 Å². The van der Waals surface area contributed by atoms with Gasteiger partial charge in [-0.05, 0) is 43.3 Å². The minimum Gasteiger partial charge on any atom is -0.615 e. The fourth-order valence-corrected chi connectivity index (χ4v) is 6.70. The molecule has 0 aromatic heterocycles. The van der Waals surface area contributed by atoms with Gasteiger partial charge in [-0.25, -0.2) is 8.42 Å². The van der Waals surface area contributed by atoms with Crippen LogP contribution < -0.4 is 0 Å². The summed E-state index contributed by atoms with van der Waals surface area (Å²) < 4.78 is 35.7. The standard InChI is InChI=1S/C14H24O3S2/c1-13(2,3)8-7-12-18(15)9-11(14(4,5)6)10-19(12,16)17/h11-12H,9-10H2,1-6H3. The van der Waals surface area contributed by atoms with Crippen molar-refractivity contribution in [1.29, 1.82) is 0 Å². The van der Waals surface area contributed by atoms with Gasteiger partial charge in [-0.3, -0.25) is 0 Å². The average molecular weight is 304 g/mol. The summed E-state index contributed by atoms with van der Waals surface area (Å²) in [6.45, 7) is 11.7. The Hall–Kier alpha value is -0.180. The molecule has 5 heteroatoms. The van der Waals surface area contributed by atoms with Crippen LogP contribution in [0, 0.1) is 28.6 Å². The van der Waals surface area contributed by atoms with Crippen molar-refractivity contribution in [2.45, 2.75) is 46.1 Å². The summed E-state index contributed by atoms with van der Waals surface area (Å²) in [7, 11) is -3.40. The monoisotopic (exact) mass is 304 g/mol. The zero-order valence-corrected chi connectivity index (χ0v) is 14.2. The second-order valence-electron chi connectivity index (χ2n) is 7.29. The Balaban J connectivity index is 3.03. The van der Waals surface area contributed by atoms with Gasteiger partial charge < -0.3 is 4.55 Å².